The molecule has 0 aliphatic carbocycles. The second kappa shape index (κ2) is 5.47. The van der Waals surface area contributed by atoms with E-state index >= 15 is 0 Å². The first kappa shape index (κ1) is 14.0. The van der Waals surface area contributed by atoms with E-state index in [0.29, 0.717) is 11.5 Å². The SMILES string of the molecule is CC(C)(C)C1CN(Cc2cn3ccsc3n2)CCCN1. The molecule has 1 unspecified atom stereocenters. The molecule has 0 radical (unpaired) electrons. The van der Waals surface area contributed by atoms with Gasteiger partial charge < -0.3 is 5.32 Å². The van der Waals surface area contributed by atoms with Crippen molar-refractivity contribution >= 4 is 16.3 Å². The molecule has 110 valence electrons. The number of aromatic nitrogens is 2. The summed E-state index contributed by atoms with van der Waals surface area (Å²) in [7, 11) is 0. The minimum Gasteiger partial charge on any atom is -0.312 e. The lowest BCUT2D eigenvalue weighted by atomic mass is 9.86. The molecule has 0 amide bonds. The summed E-state index contributed by atoms with van der Waals surface area (Å²) in [6, 6.07) is 0.550. The van der Waals surface area contributed by atoms with Crippen molar-refractivity contribution in [2.45, 2.75) is 39.8 Å². The van der Waals surface area contributed by atoms with E-state index in [9.17, 15) is 0 Å². The smallest absolute Gasteiger partial charge is 0.193 e. The van der Waals surface area contributed by atoms with Gasteiger partial charge in [0, 0.05) is 36.9 Å². The van der Waals surface area contributed by atoms with E-state index in [-0.39, 0.29) is 0 Å². The number of hydrogen-bond donors (Lipinski definition) is 1. The maximum atomic E-state index is 4.70. The average molecular weight is 292 g/mol. The van der Waals surface area contributed by atoms with Gasteiger partial charge in [0.25, 0.3) is 0 Å². The molecule has 5 heteroatoms. The fourth-order valence-electron chi connectivity index (χ4n) is 2.80. The Morgan fingerprint density at radius 2 is 2.30 bits per heavy atom. The summed E-state index contributed by atoms with van der Waals surface area (Å²) >= 11 is 1.70. The van der Waals surface area contributed by atoms with Gasteiger partial charge in [-0.05, 0) is 24.9 Å². The zero-order valence-electron chi connectivity index (χ0n) is 12.6. The van der Waals surface area contributed by atoms with Crippen LogP contribution in [0.3, 0.4) is 0 Å². The first-order chi connectivity index (χ1) is 9.52. The molecule has 0 bridgehead atoms. The normalized spacial score (nSPS) is 22.2. The highest BCUT2D eigenvalue weighted by molar-refractivity contribution is 7.15. The van der Waals surface area contributed by atoms with E-state index in [1.54, 1.807) is 11.3 Å². The lowest BCUT2D eigenvalue weighted by molar-refractivity contribution is 0.191. The highest BCUT2D eigenvalue weighted by Crippen LogP contribution is 2.22. The second-order valence-corrected chi connectivity index (χ2v) is 7.66. The summed E-state index contributed by atoms with van der Waals surface area (Å²) in [5.41, 5.74) is 1.49. The summed E-state index contributed by atoms with van der Waals surface area (Å²) in [4.78, 5) is 8.35. The van der Waals surface area contributed by atoms with Gasteiger partial charge in [0.15, 0.2) is 4.96 Å². The van der Waals surface area contributed by atoms with E-state index in [4.69, 9.17) is 4.98 Å². The fourth-order valence-corrected chi connectivity index (χ4v) is 3.52. The molecule has 3 rings (SSSR count). The molecule has 1 aliphatic rings. The van der Waals surface area contributed by atoms with Crippen molar-refractivity contribution < 1.29 is 0 Å². The van der Waals surface area contributed by atoms with Gasteiger partial charge in [-0.2, -0.15) is 0 Å². The third kappa shape index (κ3) is 3.05. The predicted octanol–water partition coefficient (Wildman–Crippen LogP) is 2.61. The van der Waals surface area contributed by atoms with Gasteiger partial charge in [0.2, 0.25) is 0 Å². The van der Waals surface area contributed by atoms with Crippen LogP contribution < -0.4 is 5.32 Å². The minimum absolute atomic E-state index is 0.303. The van der Waals surface area contributed by atoms with Gasteiger partial charge in [0.05, 0.1) is 5.69 Å². The minimum atomic E-state index is 0.303. The van der Waals surface area contributed by atoms with Crippen molar-refractivity contribution in [1.29, 1.82) is 0 Å². The van der Waals surface area contributed by atoms with E-state index in [1.165, 1.54) is 12.1 Å². The van der Waals surface area contributed by atoms with Crippen molar-refractivity contribution in [2.75, 3.05) is 19.6 Å². The topological polar surface area (TPSA) is 32.6 Å². The number of imidazole rings is 1. The molecule has 1 saturated heterocycles. The van der Waals surface area contributed by atoms with Gasteiger partial charge in [-0.25, -0.2) is 4.98 Å². The standard InChI is InChI=1S/C15H24N4S/c1-15(2,3)13-11-18(6-4-5-16-13)9-12-10-19-7-8-20-14(19)17-12/h7-8,10,13,16H,4-6,9,11H2,1-3H3. The van der Waals surface area contributed by atoms with E-state index in [2.05, 4.69) is 53.2 Å². The first-order valence-corrected chi connectivity index (χ1v) is 8.27. The lowest BCUT2D eigenvalue weighted by Crippen LogP contribution is -2.46. The van der Waals surface area contributed by atoms with E-state index in [1.807, 2.05) is 0 Å². The largest absolute Gasteiger partial charge is 0.312 e. The predicted molar refractivity (Wildman–Crippen MR) is 84.2 cm³/mol. The first-order valence-electron chi connectivity index (χ1n) is 7.39. The third-order valence-corrected chi connectivity index (χ3v) is 4.83. The lowest BCUT2D eigenvalue weighted by Gasteiger charge is -2.33. The molecule has 1 atom stereocenters. The molecular formula is C15H24N4S. The number of rotatable bonds is 2. The van der Waals surface area contributed by atoms with Crippen LogP contribution in [0.2, 0.25) is 0 Å². The highest BCUT2D eigenvalue weighted by Gasteiger charge is 2.28. The maximum absolute atomic E-state index is 4.70. The molecule has 0 spiro atoms. The molecule has 20 heavy (non-hydrogen) atoms. The van der Waals surface area contributed by atoms with Crippen LogP contribution in [-0.2, 0) is 6.54 Å². The van der Waals surface area contributed by atoms with Crippen molar-refractivity contribution in [3.8, 4) is 0 Å². The van der Waals surface area contributed by atoms with E-state index < -0.39 is 0 Å². The highest BCUT2D eigenvalue weighted by atomic mass is 32.1. The molecule has 2 aromatic heterocycles. The summed E-state index contributed by atoms with van der Waals surface area (Å²) in [5.74, 6) is 0. The van der Waals surface area contributed by atoms with Gasteiger partial charge in [-0.15, -0.1) is 11.3 Å². The van der Waals surface area contributed by atoms with Crippen LogP contribution in [0.5, 0.6) is 0 Å². The van der Waals surface area contributed by atoms with Crippen LogP contribution in [0.1, 0.15) is 32.9 Å². The fraction of sp³-hybridized carbons (Fsp3) is 0.667. The molecule has 1 fully saturated rings. The Morgan fingerprint density at radius 1 is 1.45 bits per heavy atom. The molecule has 1 N–H and O–H groups in total. The molecule has 0 aromatic carbocycles. The maximum Gasteiger partial charge on any atom is 0.193 e. The molecule has 0 saturated carbocycles. The number of thiazole rings is 1. The van der Waals surface area contributed by atoms with Crippen LogP contribution in [0, 0.1) is 5.41 Å². The second-order valence-electron chi connectivity index (χ2n) is 6.79. The Bertz CT molecular complexity index is 537. The summed E-state index contributed by atoms with van der Waals surface area (Å²) in [6.45, 7) is 11.3. The Kier molecular flexibility index (Phi) is 3.84. The quantitative estimate of drug-likeness (QED) is 0.923. The van der Waals surface area contributed by atoms with Gasteiger partial charge >= 0.3 is 0 Å². The van der Waals surface area contributed by atoms with Gasteiger partial charge in [0.1, 0.15) is 0 Å². The monoisotopic (exact) mass is 292 g/mol. The van der Waals surface area contributed by atoms with Crippen LogP contribution in [-0.4, -0.2) is 40.0 Å². The number of nitrogens with one attached hydrogen (secondary N) is 1. The molecule has 4 nitrogen and oxygen atoms in total. The molecule has 2 aromatic rings. The Hall–Kier alpha value is -0.910. The Balaban J connectivity index is 1.70. The van der Waals surface area contributed by atoms with Crippen molar-refractivity contribution in [3.05, 3.63) is 23.5 Å². The zero-order valence-corrected chi connectivity index (χ0v) is 13.4. The Labute approximate surface area is 124 Å². The van der Waals surface area contributed by atoms with Crippen LogP contribution >= 0.6 is 11.3 Å². The Morgan fingerprint density at radius 3 is 3.05 bits per heavy atom. The number of fused-ring (bicyclic) bond motifs is 1. The number of nitrogens with zero attached hydrogens (tertiary/aromatic N) is 3. The van der Waals surface area contributed by atoms with Crippen molar-refractivity contribution in [1.82, 2.24) is 19.6 Å². The third-order valence-electron chi connectivity index (χ3n) is 4.06. The summed E-state index contributed by atoms with van der Waals surface area (Å²) in [6.07, 6.45) is 5.46. The average Bonchev–Trinajstić information content (AvgIpc) is 2.82. The van der Waals surface area contributed by atoms with Crippen molar-refractivity contribution in [3.63, 3.8) is 0 Å². The van der Waals surface area contributed by atoms with E-state index in [0.717, 1.165) is 31.1 Å². The van der Waals surface area contributed by atoms with Crippen LogP contribution in [0.4, 0.5) is 0 Å². The molecule has 3 heterocycles. The molecule has 1 aliphatic heterocycles. The summed E-state index contributed by atoms with van der Waals surface area (Å²) in [5, 5.41) is 5.77. The number of hydrogen-bond acceptors (Lipinski definition) is 4. The van der Waals surface area contributed by atoms with Gasteiger partial charge in [-0.1, -0.05) is 20.8 Å². The molecular weight excluding hydrogens is 268 g/mol. The zero-order chi connectivity index (χ0) is 14.2. The van der Waals surface area contributed by atoms with Crippen LogP contribution in [0.15, 0.2) is 17.8 Å². The summed E-state index contributed by atoms with van der Waals surface area (Å²) < 4.78 is 2.12. The van der Waals surface area contributed by atoms with Crippen LogP contribution in [0.25, 0.3) is 4.96 Å². The van der Waals surface area contributed by atoms with Gasteiger partial charge in [-0.3, -0.25) is 9.30 Å². The van der Waals surface area contributed by atoms with Crippen molar-refractivity contribution in [2.24, 2.45) is 5.41 Å².